The van der Waals surface area contributed by atoms with Gasteiger partial charge < -0.3 is 9.88 Å². The largest absolute Gasteiger partial charge is 0.353 e. The Morgan fingerprint density at radius 2 is 2.12 bits per heavy atom. The van der Waals surface area contributed by atoms with Gasteiger partial charge >= 0.3 is 0 Å². The normalized spacial score (nSPS) is 19.2. The lowest BCUT2D eigenvalue weighted by Gasteiger charge is -2.30. The fourth-order valence-electron chi connectivity index (χ4n) is 2.96. The van der Waals surface area contributed by atoms with Crippen molar-refractivity contribution >= 4 is 5.95 Å². The van der Waals surface area contributed by atoms with Crippen molar-refractivity contribution in [3.8, 4) is 0 Å². The van der Waals surface area contributed by atoms with E-state index in [0.717, 1.165) is 18.4 Å². The highest BCUT2D eigenvalue weighted by atomic mass is 15.2. The molecule has 2 rings (SSSR count). The third-order valence-electron chi connectivity index (χ3n) is 4.03. The molecule has 3 nitrogen and oxygen atoms in total. The van der Waals surface area contributed by atoms with Crippen molar-refractivity contribution < 1.29 is 0 Å². The molecule has 3 heteroatoms. The minimum Gasteiger partial charge on any atom is -0.353 e. The summed E-state index contributed by atoms with van der Waals surface area (Å²) in [6.07, 6.45) is 12.2. The lowest BCUT2D eigenvalue weighted by molar-refractivity contribution is 0.311. The molecule has 1 atom stereocenters. The van der Waals surface area contributed by atoms with Crippen LogP contribution in [0.5, 0.6) is 0 Å². The van der Waals surface area contributed by atoms with E-state index in [9.17, 15) is 0 Å². The van der Waals surface area contributed by atoms with Crippen molar-refractivity contribution in [3.05, 3.63) is 12.4 Å². The number of imidazole rings is 1. The van der Waals surface area contributed by atoms with E-state index < -0.39 is 0 Å². The van der Waals surface area contributed by atoms with Crippen molar-refractivity contribution in [2.45, 2.75) is 65.0 Å². The van der Waals surface area contributed by atoms with Crippen LogP contribution in [0.25, 0.3) is 0 Å². The molecule has 0 amide bonds. The fourth-order valence-corrected chi connectivity index (χ4v) is 2.96. The van der Waals surface area contributed by atoms with Crippen LogP contribution in [0.1, 0.15) is 52.4 Å². The van der Waals surface area contributed by atoms with Crippen LogP contribution in [0.3, 0.4) is 0 Å². The molecule has 0 radical (unpaired) electrons. The summed E-state index contributed by atoms with van der Waals surface area (Å²) >= 11 is 0. The van der Waals surface area contributed by atoms with Crippen molar-refractivity contribution in [1.29, 1.82) is 0 Å². The van der Waals surface area contributed by atoms with E-state index in [-0.39, 0.29) is 0 Å². The summed E-state index contributed by atoms with van der Waals surface area (Å²) in [5, 5.41) is 3.65. The molecule has 1 N–H and O–H groups in total. The predicted octanol–water partition coefficient (Wildman–Crippen LogP) is 3.67. The predicted molar refractivity (Wildman–Crippen MR) is 72.2 cm³/mol. The molecule has 0 aliphatic heterocycles. The van der Waals surface area contributed by atoms with Gasteiger partial charge in [-0.25, -0.2) is 4.98 Å². The first-order chi connectivity index (χ1) is 8.35. The SMILES string of the molecule is CCC(Nc1nccn1CC)C1CCCCC1. The Balaban J connectivity index is 1.98. The second-order valence-corrected chi connectivity index (χ2v) is 5.09. The second-order valence-electron chi connectivity index (χ2n) is 5.09. The Labute approximate surface area is 105 Å². The summed E-state index contributed by atoms with van der Waals surface area (Å²) in [5.41, 5.74) is 0. The molecule has 17 heavy (non-hydrogen) atoms. The summed E-state index contributed by atoms with van der Waals surface area (Å²) in [7, 11) is 0. The van der Waals surface area contributed by atoms with Crippen molar-refractivity contribution in [2.24, 2.45) is 5.92 Å². The molecule has 0 spiro atoms. The van der Waals surface area contributed by atoms with E-state index >= 15 is 0 Å². The smallest absolute Gasteiger partial charge is 0.202 e. The number of nitrogens with one attached hydrogen (secondary N) is 1. The average Bonchev–Trinajstić information content (AvgIpc) is 2.84. The monoisotopic (exact) mass is 235 g/mol. The molecule has 1 unspecified atom stereocenters. The average molecular weight is 235 g/mol. The third-order valence-corrected chi connectivity index (χ3v) is 4.03. The highest BCUT2D eigenvalue weighted by molar-refractivity contribution is 5.27. The minimum atomic E-state index is 0.600. The van der Waals surface area contributed by atoms with Crippen LogP contribution >= 0.6 is 0 Å². The van der Waals surface area contributed by atoms with Gasteiger partial charge in [-0.3, -0.25) is 0 Å². The molecule has 1 aliphatic carbocycles. The highest BCUT2D eigenvalue weighted by Crippen LogP contribution is 2.29. The maximum atomic E-state index is 4.42. The zero-order chi connectivity index (χ0) is 12.1. The van der Waals surface area contributed by atoms with Crippen molar-refractivity contribution in [2.75, 3.05) is 5.32 Å². The highest BCUT2D eigenvalue weighted by Gasteiger charge is 2.23. The van der Waals surface area contributed by atoms with Gasteiger partial charge in [0.2, 0.25) is 5.95 Å². The maximum absolute atomic E-state index is 4.42. The van der Waals surface area contributed by atoms with Gasteiger partial charge in [-0.05, 0) is 32.1 Å². The lowest BCUT2D eigenvalue weighted by atomic mass is 9.83. The quantitative estimate of drug-likeness (QED) is 0.844. The standard InChI is InChI=1S/C14H25N3/c1-3-13(12-8-6-5-7-9-12)16-14-15-10-11-17(14)4-2/h10-13H,3-9H2,1-2H3,(H,15,16). The van der Waals surface area contributed by atoms with Gasteiger partial charge in [-0.1, -0.05) is 26.2 Å². The zero-order valence-electron chi connectivity index (χ0n) is 11.2. The Kier molecular flexibility index (Phi) is 4.46. The second kappa shape index (κ2) is 6.08. The number of hydrogen-bond donors (Lipinski definition) is 1. The summed E-state index contributed by atoms with van der Waals surface area (Å²) in [6.45, 7) is 5.43. The van der Waals surface area contributed by atoms with E-state index in [1.54, 1.807) is 0 Å². The van der Waals surface area contributed by atoms with E-state index in [4.69, 9.17) is 0 Å². The zero-order valence-corrected chi connectivity index (χ0v) is 11.2. The number of rotatable bonds is 5. The van der Waals surface area contributed by atoms with E-state index in [1.807, 2.05) is 6.20 Å². The van der Waals surface area contributed by atoms with E-state index in [2.05, 4.69) is 34.9 Å². The molecule has 1 aliphatic rings. The van der Waals surface area contributed by atoms with Crippen LogP contribution < -0.4 is 5.32 Å². The van der Waals surface area contributed by atoms with Crippen LogP contribution in [0, 0.1) is 5.92 Å². The molecule has 1 heterocycles. The summed E-state index contributed by atoms with van der Waals surface area (Å²) < 4.78 is 2.19. The number of aromatic nitrogens is 2. The van der Waals surface area contributed by atoms with Crippen LogP contribution in [0.15, 0.2) is 12.4 Å². The lowest BCUT2D eigenvalue weighted by Crippen LogP contribution is -2.31. The van der Waals surface area contributed by atoms with Gasteiger partial charge in [0.25, 0.3) is 0 Å². The number of anilines is 1. The summed E-state index contributed by atoms with van der Waals surface area (Å²) in [5.74, 6) is 1.89. The molecule has 1 aromatic heterocycles. The number of aryl methyl sites for hydroxylation is 1. The third kappa shape index (κ3) is 3.02. The van der Waals surface area contributed by atoms with Crippen LogP contribution in [-0.4, -0.2) is 15.6 Å². The van der Waals surface area contributed by atoms with Gasteiger partial charge in [-0.2, -0.15) is 0 Å². The summed E-state index contributed by atoms with van der Waals surface area (Å²) in [4.78, 5) is 4.42. The van der Waals surface area contributed by atoms with Gasteiger partial charge in [0.05, 0.1) is 0 Å². The molecule has 0 bridgehead atoms. The van der Waals surface area contributed by atoms with Gasteiger partial charge in [-0.15, -0.1) is 0 Å². The number of nitrogens with zero attached hydrogens (tertiary/aromatic N) is 2. The Morgan fingerprint density at radius 1 is 1.35 bits per heavy atom. The molecule has 0 aromatic carbocycles. The Morgan fingerprint density at radius 3 is 2.76 bits per heavy atom. The van der Waals surface area contributed by atoms with Crippen LogP contribution in [0.2, 0.25) is 0 Å². The first-order valence-corrected chi connectivity index (χ1v) is 7.12. The number of hydrogen-bond acceptors (Lipinski definition) is 2. The van der Waals surface area contributed by atoms with Crippen molar-refractivity contribution in [1.82, 2.24) is 9.55 Å². The minimum absolute atomic E-state index is 0.600. The first kappa shape index (κ1) is 12.5. The first-order valence-electron chi connectivity index (χ1n) is 7.12. The summed E-state index contributed by atoms with van der Waals surface area (Å²) in [6, 6.07) is 0.600. The van der Waals surface area contributed by atoms with Gasteiger partial charge in [0.15, 0.2) is 0 Å². The van der Waals surface area contributed by atoms with E-state index in [0.29, 0.717) is 6.04 Å². The molecular formula is C14H25N3. The fraction of sp³-hybridized carbons (Fsp3) is 0.786. The molecule has 1 saturated carbocycles. The van der Waals surface area contributed by atoms with Crippen LogP contribution in [0.4, 0.5) is 5.95 Å². The van der Waals surface area contributed by atoms with Crippen LogP contribution in [-0.2, 0) is 6.54 Å². The van der Waals surface area contributed by atoms with Gasteiger partial charge in [0.1, 0.15) is 0 Å². The van der Waals surface area contributed by atoms with Crippen molar-refractivity contribution in [3.63, 3.8) is 0 Å². The Bertz CT molecular complexity index is 326. The molecule has 96 valence electrons. The molecule has 1 aromatic rings. The topological polar surface area (TPSA) is 29.9 Å². The molecule has 0 saturated heterocycles. The maximum Gasteiger partial charge on any atom is 0.202 e. The van der Waals surface area contributed by atoms with Gasteiger partial charge in [0, 0.05) is 25.0 Å². The van der Waals surface area contributed by atoms with E-state index in [1.165, 1.54) is 38.5 Å². The Hall–Kier alpha value is -0.990. The molecular weight excluding hydrogens is 210 g/mol. The molecule has 1 fully saturated rings.